The van der Waals surface area contributed by atoms with Crippen LogP contribution in [0, 0.1) is 0 Å². The molecule has 27 heavy (non-hydrogen) atoms. The first-order valence-electron chi connectivity index (χ1n) is 9.30. The molecule has 2 rings (SSSR count). The maximum Gasteiger partial charge on any atom is 0.343 e. The lowest BCUT2D eigenvalue weighted by molar-refractivity contribution is 0.209. The number of halogens is 2. The Hall–Kier alpha value is 0.980. The van der Waals surface area contributed by atoms with Gasteiger partial charge in [0.15, 0.2) is 0 Å². The van der Waals surface area contributed by atoms with Crippen LogP contribution in [0.15, 0.2) is 0 Å². The highest BCUT2D eigenvalue weighted by Gasteiger charge is 2.37. The third kappa shape index (κ3) is 11.1. The Morgan fingerprint density at radius 1 is 1.22 bits per heavy atom. The van der Waals surface area contributed by atoms with Gasteiger partial charge in [-0.1, -0.05) is 19.3 Å². The second-order valence-corrected chi connectivity index (χ2v) is 12.8. The Balaban J connectivity index is 0.000000433. The molecule has 2 aliphatic rings. The molecule has 12 heteroatoms. The maximum atomic E-state index is 12.8. The van der Waals surface area contributed by atoms with Crippen LogP contribution in [0.1, 0.15) is 44.9 Å². The molecule has 7 nitrogen and oxygen atoms in total. The molecule has 1 aliphatic carbocycles. The maximum absolute atomic E-state index is 12.8. The molecule has 1 saturated carbocycles. The zero-order chi connectivity index (χ0) is 20.3. The number of hydrogen-bond donors (Lipinski definition) is 3. The van der Waals surface area contributed by atoms with Gasteiger partial charge < -0.3 is 14.8 Å². The van der Waals surface area contributed by atoms with Crippen molar-refractivity contribution in [3.8, 4) is 0 Å². The summed E-state index contributed by atoms with van der Waals surface area (Å²) >= 11 is 15.8. The van der Waals surface area contributed by atoms with E-state index in [0.29, 0.717) is 50.3 Å². The summed E-state index contributed by atoms with van der Waals surface area (Å²) in [6.45, 7) is 1.10. The molecule has 3 unspecified atom stereocenters. The monoisotopic (exact) mass is 483 g/mol. The Kier molecular flexibility index (Phi) is 12.8. The summed E-state index contributed by atoms with van der Waals surface area (Å²) in [7, 11) is -6.38. The standard InChI is InChI=1S/C9H19Cl2N2O4PS2.C6H13N/c10-3-5-13(6-4-11)18(14)12-9(1-7-17-18)2-8-20(15,16)19;7-6-4-2-1-3-5-6/h9H,1-8H2,(H,12,14)(H,15,16,19);6H,1-5,7H2. The molecule has 0 bridgehead atoms. The van der Waals surface area contributed by atoms with Crippen LogP contribution < -0.4 is 10.8 Å². The van der Waals surface area contributed by atoms with Crippen molar-refractivity contribution in [2.75, 3.05) is 37.2 Å². The van der Waals surface area contributed by atoms with E-state index in [1.165, 1.54) is 32.1 Å². The van der Waals surface area contributed by atoms with Gasteiger partial charge in [-0.05, 0) is 25.7 Å². The summed E-state index contributed by atoms with van der Waals surface area (Å²) in [5, 5.41) is 2.93. The summed E-state index contributed by atoms with van der Waals surface area (Å²) in [4.78, 5) is 0. The van der Waals surface area contributed by atoms with Crippen LogP contribution in [0.5, 0.6) is 0 Å². The minimum Gasteiger partial charge on any atom is -0.328 e. The van der Waals surface area contributed by atoms with Gasteiger partial charge in [0.1, 0.15) is 8.77 Å². The van der Waals surface area contributed by atoms with Crippen molar-refractivity contribution >= 4 is 50.8 Å². The number of nitrogens with one attached hydrogen (secondary N) is 1. The molecule has 162 valence electrons. The van der Waals surface area contributed by atoms with Crippen molar-refractivity contribution in [3.05, 3.63) is 0 Å². The summed E-state index contributed by atoms with van der Waals surface area (Å²) < 4.78 is 40.0. The average Bonchev–Trinajstić information content (AvgIpc) is 2.61. The van der Waals surface area contributed by atoms with Gasteiger partial charge >= 0.3 is 7.67 Å². The third-order valence-corrected chi connectivity index (χ3v) is 8.47. The molecule has 0 spiro atoms. The Labute approximate surface area is 178 Å². The zero-order valence-electron chi connectivity index (χ0n) is 15.6. The van der Waals surface area contributed by atoms with Gasteiger partial charge in [-0.15, -0.1) is 23.2 Å². The number of hydrogen-bond acceptors (Lipinski definition) is 5. The van der Waals surface area contributed by atoms with Crippen molar-refractivity contribution in [1.82, 2.24) is 9.76 Å². The van der Waals surface area contributed by atoms with Gasteiger partial charge in [0.05, 0.1) is 12.4 Å². The normalized spacial score (nSPS) is 29.0. The SMILES string of the molecule is NC1CCCCC1.O=P1(N(CCCl)CCCl)NC(CCS(=O)(O)=S)CCO1. The van der Waals surface area contributed by atoms with Crippen LogP contribution in [0.2, 0.25) is 0 Å². The molecule has 1 aliphatic heterocycles. The molecule has 0 radical (unpaired) electrons. The van der Waals surface area contributed by atoms with Crippen LogP contribution in [0.3, 0.4) is 0 Å². The molecule has 1 heterocycles. The largest absolute Gasteiger partial charge is 0.343 e. The number of nitrogens with zero attached hydrogens (tertiary/aromatic N) is 1. The first-order chi connectivity index (χ1) is 12.7. The van der Waals surface area contributed by atoms with E-state index < -0.39 is 16.4 Å². The van der Waals surface area contributed by atoms with E-state index in [1.54, 1.807) is 4.67 Å². The summed E-state index contributed by atoms with van der Waals surface area (Å²) in [6, 6.07) is 0.368. The van der Waals surface area contributed by atoms with Crippen LogP contribution in [0.25, 0.3) is 0 Å². The smallest absolute Gasteiger partial charge is 0.328 e. The van der Waals surface area contributed by atoms with Crippen molar-refractivity contribution < 1.29 is 17.9 Å². The van der Waals surface area contributed by atoms with Crippen molar-refractivity contribution in [1.29, 1.82) is 0 Å². The average molecular weight is 484 g/mol. The molecule has 3 atom stereocenters. The highest BCUT2D eigenvalue weighted by Crippen LogP contribution is 2.49. The topological polar surface area (TPSA) is 105 Å². The van der Waals surface area contributed by atoms with E-state index in [-0.39, 0.29) is 11.8 Å². The first kappa shape index (κ1) is 26.0. The lowest BCUT2D eigenvalue weighted by atomic mass is 9.97. The molecule has 1 saturated heterocycles. The third-order valence-electron chi connectivity index (χ3n) is 4.51. The number of alkyl halides is 2. The highest BCUT2D eigenvalue weighted by atomic mass is 35.5. The second-order valence-electron chi connectivity index (χ2n) is 6.77. The van der Waals surface area contributed by atoms with E-state index in [4.69, 9.17) is 38.0 Å². The fraction of sp³-hybridized carbons (Fsp3) is 1.00. The van der Waals surface area contributed by atoms with Crippen LogP contribution >= 0.6 is 30.9 Å². The molecular weight excluding hydrogens is 452 g/mol. The fourth-order valence-corrected chi connectivity index (χ4v) is 6.73. The zero-order valence-corrected chi connectivity index (χ0v) is 19.6. The van der Waals surface area contributed by atoms with Gasteiger partial charge in [-0.25, -0.2) is 14.0 Å². The van der Waals surface area contributed by atoms with Gasteiger partial charge in [0, 0.05) is 48.1 Å². The lowest BCUT2D eigenvalue weighted by Gasteiger charge is -2.37. The Bertz CT molecular complexity index is 559. The first-order valence-corrected chi connectivity index (χ1v) is 14.6. The predicted molar refractivity (Wildman–Crippen MR) is 117 cm³/mol. The predicted octanol–water partition coefficient (Wildman–Crippen LogP) is 3.14. The quantitative estimate of drug-likeness (QED) is 0.357. The van der Waals surface area contributed by atoms with E-state index in [9.17, 15) is 8.77 Å². The van der Waals surface area contributed by atoms with Crippen LogP contribution in [-0.2, 0) is 29.0 Å². The number of nitrogens with two attached hydrogens (primary N) is 1. The van der Waals surface area contributed by atoms with E-state index >= 15 is 0 Å². The second kappa shape index (κ2) is 13.3. The van der Waals surface area contributed by atoms with Crippen LogP contribution in [-0.4, -0.2) is 62.7 Å². The molecule has 0 aromatic rings. The summed E-state index contributed by atoms with van der Waals surface area (Å²) in [5.74, 6) is 0.616. The molecular formula is C15H32Cl2N3O4PS2. The fourth-order valence-electron chi connectivity index (χ4n) is 3.02. The van der Waals surface area contributed by atoms with Gasteiger partial charge in [-0.3, -0.25) is 4.57 Å². The van der Waals surface area contributed by atoms with Gasteiger partial charge in [0.2, 0.25) is 0 Å². The van der Waals surface area contributed by atoms with Crippen molar-refractivity contribution in [3.63, 3.8) is 0 Å². The lowest BCUT2D eigenvalue weighted by Crippen LogP contribution is -2.42. The van der Waals surface area contributed by atoms with Crippen molar-refractivity contribution in [2.24, 2.45) is 5.73 Å². The van der Waals surface area contributed by atoms with Crippen molar-refractivity contribution in [2.45, 2.75) is 57.0 Å². The Morgan fingerprint density at radius 2 is 1.81 bits per heavy atom. The number of rotatable bonds is 8. The summed E-state index contributed by atoms with van der Waals surface area (Å²) in [5.41, 5.74) is 5.63. The molecule has 0 amide bonds. The molecule has 0 aromatic carbocycles. The summed E-state index contributed by atoms with van der Waals surface area (Å²) in [6.07, 6.45) is 7.65. The van der Waals surface area contributed by atoms with E-state index in [1.807, 2.05) is 0 Å². The van der Waals surface area contributed by atoms with Gasteiger partial charge in [0.25, 0.3) is 0 Å². The Morgan fingerprint density at radius 3 is 2.26 bits per heavy atom. The molecule has 2 fully saturated rings. The molecule has 0 aromatic heterocycles. The molecule has 4 N–H and O–H groups in total. The highest BCUT2D eigenvalue weighted by molar-refractivity contribution is 8.29. The van der Waals surface area contributed by atoms with E-state index in [2.05, 4.69) is 16.3 Å². The van der Waals surface area contributed by atoms with Gasteiger partial charge in [-0.2, -0.15) is 0 Å². The van der Waals surface area contributed by atoms with Crippen LogP contribution in [0.4, 0.5) is 0 Å². The van der Waals surface area contributed by atoms with E-state index in [0.717, 1.165) is 0 Å². The minimum atomic E-state index is -3.19. The minimum absolute atomic E-state index is 0.00892.